The number of rotatable bonds is 2. The topological polar surface area (TPSA) is 70.2 Å². The lowest BCUT2D eigenvalue weighted by Crippen LogP contribution is -2.32. The second kappa shape index (κ2) is 5.05. The predicted molar refractivity (Wildman–Crippen MR) is 68.4 cm³/mol. The Morgan fingerprint density at radius 3 is 2.67 bits per heavy atom. The highest BCUT2D eigenvalue weighted by molar-refractivity contribution is 5.60. The Bertz CT molecular complexity index is 499. The molecule has 0 spiro atoms. The summed E-state index contributed by atoms with van der Waals surface area (Å²) in [5.74, 6) is 0.731. The van der Waals surface area contributed by atoms with Crippen LogP contribution < -0.4 is 4.90 Å². The number of nitrogens with zero attached hydrogens (tertiary/aromatic N) is 3. The Kier molecular flexibility index (Phi) is 3.47. The molecule has 5 heteroatoms. The van der Waals surface area contributed by atoms with E-state index in [9.17, 15) is 10.1 Å². The van der Waals surface area contributed by atoms with Gasteiger partial charge in [-0.15, -0.1) is 0 Å². The molecule has 0 radical (unpaired) electrons. The number of hydrogen-bond donors (Lipinski definition) is 0. The Hall–Kier alpha value is -2.09. The van der Waals surface area contributed by atoms with Crippen LogP contribution in [-0.2, 0) is 0 Å². The van der Waals surface area contributed by atoms with Gasteiger partial charge in [-0.2, -0.15) is 5.26 Å². The maximum absolute atomic E-state index is 10.8. The number of nitriles is 1. The van der Waals surface area contributed by atoms with Gasteiger partial charge in [-0.25, -0.2) is 0 Å². The van der Waals surface area contributed by atoms with E-state index in [2.05, 4.69) is 11.8 Å². The molecule has 0 bridgehead atoms. The molecule has 18 heavy (non-hydrogen) atoms. The first kappa shape index (κ1) is 12.4. The first-order chi connectivity index (χ1) is 8.61. The number of piperidine rings is 1. The zero-order valence-corrected chi connectivity index (χ0v) is 10.3. The van der Waals surface area contributed by atoms with Gasteiger partial charge in [0.05, 0.1) is 4.92 Å². The average molecular weight is 245 g/mol. The van der Waals surface area contributed by atoms with Gasteiger partial charge in [0.15, 0.2) is 0 Å². The van der Waals surface area contributed by atoms with Crippen LogP contribution in [0.1, 0.15) is 25.3 Å². The van der Waals surface area contributed by atoms with Crippen molar-refractivity contribution in [1.29, 1.82) is 5.26 Å². The van der Waals surface area contributed by atoms with E-state index < -0.39 is 4.92 Å². The minimum absolute atomic E-state index is 0.119. The van der Waals surface area contributed by atoms with Gasteiger partial charge in [-0.05, 0) is 30.9 Å². The second-order valence-electron chi connectivity index (χ2n) is 4.74. The van der Waals surface area contributed by atoms with E-state index >= 15 is 0 Å². The largest absolute Gasteiger partial charge is 0.371 e. The van der Waals surface area contributed by atoms with Crippen molar-refractivity contribution in [2.75, 3.05) is 18.0 Å². The average Bonchev–Trinajstić information content (AvgIpc) is 2.38. The lowest BCUT2D eigenvalue weighted by atomic mass is 9.98. The molecular formula is C13H15N3O2. The molecule has 0 aromatic heterocycles. The number of nitro groups is 1. The molecule has 0 N–H and O–H groups in total. The van der Waals surface area contributed by atoms with E-state index in [-0.39, 0.29) is 11.3 Å². The van der Waals surface area contributed by atoms with Gasteiger partial charge in [0.2, 0.25) is 0 Å². The smallest absolute Gasteiger partial charge is 0.287 e. The van der Waals surface area contributed by atoms with Gasteiger partial charge in [-0.3, -0.25) is 10.1 Å². The van der Waals surface area contributed by atoms with E-state index in [1.54, 1.807) is 12.1 Å². The summed E-state index contributed by atoms with van der Waals surface area (Å²) in [6.07, 6.45) is 2.25. The lowest BCUT2D eigenvalue weighted by Gasteiger charge is -2.32. The molecular weight excluding hydrogens is 230 g/mol. The molecule has 0 aliphatic carbocycles. The van der Waals surface area contributed by atoms with Crippen molar-refractivity contribution in [3.8, 4) is 6.07 Å². The summed E-state index contributed by atoms with van der Waals surface area (Å²) >= 11 is 0. The van der Waals surface area contributed by atoms with Crippen LogP contribution in [0.2, 0.25) is 0 Å². The van der Waals surface area contributed by atoms with Crippen LogP contribution in [0.25, 0.3) is 0 Å². The highest BCUT2D eigenvalue weighted by Gasteiger charge is 2.19. The van der Waals surface area contributed by atoms with Gasteiger partial charge in [0.1, 0.15) is 11.6 Å². The van der Waals surface area contributed by atoms with Crippen molar-refractivity contribution < 1.29 is 4.92 Å². The van der Waals surface area contributed by atoms with Crippen LogP contribution >= 0.6 is 0 Å². The monoisotopic (exact) mass is 245 g/mol. The van der Waals surface area contributed by atoms with E-state index in [1.165, 1.54) is 6.07 Å². The number of benzene rings is 1. The van der Waals surface area contributed by atoms with Crippen molar-refractivity contribution in [2.45, 2.75) is 19.8 Å². The summed E-state index contributed by atoms with van der Waals surface area (Å²) in [5.41, 5.74) is 0.923. The third-order valence-corrected chi connectivity index (χ3v) is 3.45. The molecule has 5 nitrogen and oxygen atoms in total. The molecule has 1 aliphatic rings. The SMILES string of the molecule is CC1CCN(c2ccc([N+](=O)[O-])c(C#N)c2)CC1. The fourth-order valence-electron chi connectivity index (χ4n) is 2.24. The van der Waals surface area contributed by atoms with Crippen molar-refractivity contribution in [3.63, 3.8) is 0 Å². The third kappa shape index (κ3) is 2.43. The Morgan fingerprint density at radius 2 is 2.11 bits per heavy atom. The number of nitro benzene ring substituents is 1. The molecule has 0 unspecified atom stereocenters. The van der Waals surface area contributed by atoms with Crippen LogP contribution in [0.5, 0.6) is 0 Å². The predicted octanol–water partition coefficient (Wildman–Crippen LogP) is 2.70. The minimum atomic E-state index is -0.513. The van der Waals surface area contributed by atoms with Gasteiger partial charge in [0.25, 0.3) is 5.69 Å². The van der Waals surface area contributed by atoms with Gasteiger partial charge in [0, 0.05) is 24.8 Å². The van der Waals surface area contributed by atoms with E-state index in [0.29, 0.717) is 0 Å². The standard InChI is InChI=1S/C13H15N3O2/c1-10-4-6-15(7-5-10)12-2-3-13(16(17)18)11(8-12)9-14/h2-3,8,10H,4-7H2,1H3. The highest BCUT2D eigenvalue weighted by atomic mass is 16.6. The summed E-state index contributed by atoms with van der Waals surface area (Å²) in [4.78, 5) is 12.4. The maximum Gasteiger partial charge on any atom is 0.287 e. The normalized spacial score (nSPS) is 16.3. The van der Waals surface area contributed by atoms with Gasteiger partial charge < -0.3 is 4.90 Å². The van der Waals surface area contributed by atoms with Gasteiger partial charge in [-0.1, -0.05) is 6.92 Å². The highest BCUT2D eigenvalue weighted by Crippen LogP contribution is 2.27. The van der Waals surface area contributed by atoms with Crippen molar-refractivity contribution >= 4 is 11.4 Å². The molecule has 1 aromatic carbocycles. The fraction of sp³-hybridized carbons (Fsp3) is 0.462. The van der Waals surface area contributed by atoms with Crippen LogP contribution in [0.4, 0.5) is 11.4 Å². The van der Waals surface area contributed by atoms with Crippen LogP contribution in [-0.4, -0.2) is 18.0 Å². The molecule has 1 heterocycles. The zero-order chi connectivity index (χ0) is 13.1. The van der Waals surface area contributed by atoms with Crippen molar-refractivity contribution in [2.24, 2.45) is 5.92 Å². The van der Waals surface area contributed by atoms with Crippen molar-refractivity contribution in [3.05, 3.63) is 33.9 Å². The first-order valence-electron chi connectivity index (χ1n) is 6.05. The van der Waals surface area contributed by atoms with E-state index in [4.69, 9.17) is 5.26 Å². The van der Waals surface area contributed by atoms with E-state index in [0.717, 1.165) is 37.5 Å². The summed E-state index contributed by atoms with van der Waals surface area (Å²) in [6, 6.07) is 6.67. The first-order valence-corrected chi connectivity index (χ1v) is 6.05. The zero-order valence-electron chi connectivity index (χ0n) is 10.3. The number of anilines is 1. The third-order valence-electron chi connectivity index (χ3n) is 3.45. The van der Waals surface area contributed by atoms with Crippen molar-refractivity contribution in [1.82, 2.24) is 0 Å². The molecule has 0 saturated carbocycles. The molecule has 1 aliphatic heterocycles. The maximum atomic E-state index is 10.8. The van der Waals surface area contributed by atoms with Crippen LogP contribution in [0.3, 0.4) is 0 Å². The molecule has 1 aromatic rings. The second-order valence-corrected chi connectivity index (χ2v) is 4.74. The molecule has 2 rings (SSSR count). The Balaban J connectivity index is 2.25. The molecule has 1 saturated heterocycles. The van der Waals surface area contributed by atoms with Crippen LogP contribution in [0, 0.1) is 27.4 Å². The fourth-order valence-corrected chi connectivity index (χ4v) is 2.24. The molecule has 1 fully saturated rings. The Labute approximate surface area is 106 Å². The quantitative estimate of drug-likeness (QED) is 0.593. The minimum Gasteiger partial charge on any atom is -0.371 e. The Morgan fingerprint density at radius 1 is 1.44 bits per heavy atom. The molecule has 0 atom stereocenters. The molecule has 94 valence electrons. The molecule has 0 amide bonds. The lowest BCUT2D eigenvalue weighted by molar-refractivity contribution is -0.385. The summed E-state index contributed by atoms with van der Waals surface area (Å²) in [6.45, 7) is 4.13. The summed E-state index contributed by atoms with van der Waals surface area (Å²) in [7, 11) is 0. The summed E-state index contributed by atoms with van der Waals surface area (Å²) in [5, 5.41) is 19.7. The summed E-state index contributed by atoms with van der Waals surface area (Å²) < 4.78 is 0. The van der Waals surface area contributed by atoms with Gasteiger partial charge >= 0.3 is 0 Å². The van der Waals surface area contributed by atoms with Crippen LogP contribution in [0.15, 0.2) is 18.2 Å². The number of hydrogen-bond acceptors (Lipinski definition) is 4. The van der Waals surface area contributed by atoms with E-state index in [1.807, 2.05) is 6.07 Å².